The summed E-state index contributed by atoms with van der Waals surface area (Å²) in [6.07, 6.45) is 3.82. The van der Waals surface area contributed by atoms with E-state index in [1.165, 1.54) is 12.8 Å². The number of rotatable bonds is 5. The number of nitrogens with two attached hydrogens (primary N) is 1. The summed E-state index contributed by atoms with van der Waals surface area (Å²) in [6.45, 7) is 12.6. The van der Waals surface area contributed by atoms with Gasteiger partial charge in [-0.15, -0.1) is 0 Å². The molecular formula is C13H28N2. The lowest BCUT2D eigenvalue weighted by Crippen LogP contribution is -2.55. The molecule has 1 aliphatic carbocycles. The zero-order valence-electron chi connectivity index (χ0n) is 11.1. The van der Waals surface area contributed by atoms with Crippen molar-refractivity contribution in [2.75, 3.05) is 6.54 Å². The molecule has 0 aromatic carbocycles. The smallest absolute Gasteiger partial charge is 0.0298 e. The van der Waals surface area contributed by atoms with E-state index in [4.69, 9.17) is 5.73 Å². The fourth-order valence-corrected chi connectivity index (χ4v) is 2.70. The topological polar surface area (TPSA) is 29.3 Å². The molecule has 0 spiro atoms. The van der Waals surface area contributed by atoms with E-state index in [0.29, 0.717) is 12.1 Å². The van der Waals surface area contributed by atoms with Gasteiger partial charge < -0.3 is 5.73 Å². The first-order valence-electron chi connectivity index (χ1n) is 6.43. The van der Waals surface area contributed by atoms with Crippen molar-refractivity contribution in [2.24, 2.45) is 11.1 Å². The Morgan fingerprint density at radius 3 is 2.07 bits per heavy atom. The van der Waals surface area contributed by atoms with E-state index in [1.807, 2.05) is 0 Å². The molecule has 0 amide bonds. The molecule has 0 aliphatic heterocycles. The highest BCUT2D eigenvalue weighted by Gasteiger charge is 2.40. The van der Waals surface area contributed by atoms with Crippen molar-refractivity contribution in [3.8, 4) is 0 Å². The van der Waals surface area contributed by atoms with E-state index in [1.54, 1.807) is 0 Å². The second-order valence-corrected chi connectivity index (χ2v) is 5.94. The van der Waals surface area contributed by atoms with Crippen LogP contribution in [0.25, 0.3) is 0 Å². The van der Waals surface area contributed by atoms with Gasteiger partial charge in [0.05, 0.1) is 0 Å². The van der Waals surface area contributed by atoms with Crippen molar-refractivity contribution in [1.82, 2.24) is 4.90 Å². The molecule has 0 bridgehead atoms. The molecule has 0 aromatic heterocycles. The van der Waals surface area contributed by atoms with Crippen LogP contribution in [0.4, 0.5) is 0 Å². The maximum absolute atomic E-state index is 6.30. The fourth-order valence-electron chi connectivity index (χ4n) is 2.70. The minimum absolute atomic E-state index is 0.286. The third kappa shape index (κ3) is 3.18. The zero-order chi connectivity index (χ0) is 11.6. The molecule has 0 heterocycles. The molecular weight excluding hydrogens is 184 g/mol. The van der Waals surface area contributed by atoms with Gasteiger partial charge in [0.25, 0.3) is 0 Å². The predicted octanol–water partition coefficient (Wildman–Crippen LogP) is 2.62. The Labute approximate surface area is 95.2 Å². The SMILES string of the molecule is CCC(N)C(N(CC)C1CC1)C(C)(C)C. The van der Waals surface area contributed by atoms with Gasteiger partial charge in [0.1, 0.15) is 0 Å². The van der Waals surface area contributed by atoms with Crippen molar-refractivity contribution >= 4 is 0 Å². The summed E-state index contributed by atoms with van der Waals surface area (Å²) in [5, 5.41) is 0. The van der Waals surface area contributed by atoms with Gasteiger partial charge in [-0.25, -0.2) is 0 Å². The first kappa shape index (κ1) is 13.0. The third-order valence-corrected chi connectivity index (χ3v) is 3.50. The van der Waals surface area contributed by atoms with Crippen LogP contribution in [0.1, 0.15) is 53.9 Å². The zero-order valence-corrected chi connectivity index (χ0v) is 11.1. The Balaban J connectivity index is 2.77. The highest BCUT2D eigenvalue weighted by molar-refractivity contribution is 4.96. The molecule has 2 heteroatoms. The van der Waals surface area contributed by atoms with Gasteiger partial charge >= 0.3 is 0 Å². The second-order valence-electron chi connectivity index (χ2n) is 5.94. The molecule has 0 aromatic rings. The van der Waals surface area contributed by atoms with Crippen LogP contribution in [-0.2, 0) is 0 Å². The molecule has 1 aliphatic rings. The van der Waals surface area contributed by atoms with Gasteiger partial charge in [-0.05, 0) is 31.2 Å². The quantitative estimate of drug-likeness (QED) is 0.759. The maximum atomic E-state index is 6.30. The van der Waals surface area contributed by atoms with Gasteiger partial charge in [-0.1, -0.05) is 34.6 Å². The molecule has 1 rings (SSSR count). The van der Waals surface area contributed by atoms with Gasteiger partial charge in [-0.3, -0.25) is 4.90 Å². The molecule has 90 valence electrons. The van der Waals surface area contributed by atoms with E-state index >= 15 is 0 Å². The lowest BCUT2D eigenvalue weighted by atomic mass is 9.80. The van der Waals surface area contributed by atoms with E-state index in [0.717, 1.165) is 19.0 Å². The van der Waals surface area contributed by atoms with Crippen LogP contribution in [0.5, 0.6) is 0 Å². The fraction of sp³-hybridized carbons (Fsp3) is 1.00. The van der Waals surface area contributed by atoms with E-state index in [2.05, 4.69) is 39.5 Å². The van der Waals surface area contributed by atoms with E-state index < -0.39 is 0 Å². The summed E-state index contributed by atoms with van der Waals surface area (Å²) in [6, 6.07) is 1.65. The highest BCUT2D eigenvalue weighted by Crippen LogP contribution is 2.35. The summed E-state index contributed by atoms with van der Waals surface area (Å²) in [5.74, 6) is 0. The molecule has 1 fully saturated rings. The van der Waals surface area contributed by atoms with Crippen LogP contribution in [-0.4, -0.2) is 29.6 Å². The molecule has 1 saturated carbocycles. The first-order chi connectivity index (χ1) is 6.91. The van der Waals surface area contributed by atoms with Crippen molar-refractivity contribution in [1.29, 1.82) is 0 Å². The first-order valence-corrected chi connectivity index (χ1v) is 6.43. The van der Waals surface area contributed by atoms with E-state index in [-0.39, 0.29) is 5.41 Å². The molecule has 0 radical (unpaired) electrons. The highest BCUT2D eigenvalue weighted by atomic mass is 15.2. The summed E-state index contributed by atoms with van der Waals surface area (Å²) in [7, 11) is 0. The largest absolute Gasteiger partial charge is 0.326 e. The van der Waals surface area contributed by atoms with Crippen molar-refractivity contribution in [3.63, 3.8) is 0 Å². The summed E-state index contributed by atoms with van der Waals surface area (Å²) in [4.78, 5) is 2.63. The van der Waals surface area contributed by atoms with Crippen molar-refractivity contribution < 1.29 is 0 Å². The Morgan fingerprint density at radius 1 is 1.27 bits per heavy atom. The molecule has 2 unspecified atom stereocenters. The normalized spacial score (nSPS) is 21.8. The van der Waals surface area contributed by atoms with Crippen LogP contribution in [0.3, 0.4) is 0 Å². The number of nitrogens with zero attached hydrogens (tertiary/aromatic N) is 1. The Bertz CT molecular complexity index is 191. The monoisotopic (exact) mass is 212 g/mol. The van der Waals surface area contributed by atoms with Crippen LogP contribution in [0, 0.1) is 5.41 Å². The van der Waals surface area contributed by atoms with Crippen molar-refractivity contribution in [2.45, 2.75) is 72.0 Å². The Hall–Kier alpha value is -0.0800. The second kappa shape index (κ2) is 4.84. The number of hydrogen-bond acceptors (Lipinski definition) is 2. The van der Waals surface area contributed by atoms with Gasteiger partial charge in [-0.2, -0.15) is 0 Å². The average molecular weight is 212 g/mol. The average Bonchev–Trinajstić information content (AvgIpc) is 2.94. The lowest BCUT2D eigenvalue weighted by Gasteiger charge is -2.43. The molecule has 0 saturated heterocycles. The molecule has 2 N–H and O–H groups in total. The van der Waals surface area contributed by atoms with E-state index in [9.17, 15) is 0 Å². The molecule has 2 atom stereocenters. The summed E-state index contributed by atoms with van der Waals surface area (Å²) < 4.78 is 0. The van der Waals surface area contributed by atoms with Crippen molar-refractivity contribution in [3.05, 3.63) is 0 Å². The van der Waals surface area contributed by atoms with Crippen LogP contribution in [0.15, 0.2) is 0 Å². The molecule has 2 nitrogen and oxygen atoms in total. The minimum atomic E-state index is 0.286. The Morgan fingerprint density at radius 2 is 1.80 bits per heavy atom. The van der Waals surface area contributed by atoms with Crippen LogP contribution in [0.2, 0.25) is 0 Å². The summed E-state index contributed by atoms with van der Waals surface area (Å²) >= 11 is 0. The number of hydrogen-bond donors (Lipinski definition) is 1. The lowest BCUT2D eigenvalue weighted by molar-refractivity contribution is 0.0738. The number of likely N-dealkylation sites (N-methyl/N-ethyl adjacent to an activating group) is 1. The predicted molar refractivity (Wildman–Crippen MR) is 66.9 cm³/mol. The maximum Gasteiger partial charge on any atom is 0.0298 e. The molecule has 15 heavy (non-hydrogen) atoms. The third-order valence-electron chi connectivity index (χ3n) is 3.50. The standard InChI is InChI=1S/C13H28N2/c1-6-11(14)12(13(3,4)5)15(7-2)10-8-9-10/h10-12H,6-9,14H2,1-5H3. The van der Waals surface area contributed by atoms with Gasteiger partial charge in [0.2, 0.25) is 0 Å². The Kier molecular flexibility index (Phi) is 4.19. The van der Waals surface area contributed by atoms with Gasteiger partial charge in [0.15, 0.2) is 0 Å². The minimum Gasteiger partial charge on any atom is -0.326 e. The van der Waals surface area contributed by atoms with Crippen LogP contribution >= 0.6 is 0 Å². The van der Waals surface area contributed by atoms with Crippen LogP contribution < -0.4 is 5.73 Å². The summed E-state index contributed by atoms with van der Waals surface area (Å²) in [5.41, 5.74) is 6.59. The van der Waals surface area contributed by atoms with Gasteiger partial charge in [0, 0.05) is 18.1 Å².